The number of ether oxygens (including phenoxy) is 1. The maximum absolute atomic E-state index is 13.3. The predicted octanol–water partition coefficient (Wildman–Crippen LogP) is 4.40. The number of rotatable bonds is 11. The second-order valence-electron chi connectivity index (χ2n) is 8.24. The molecule has 3 atom stereocenters. The number of thiol groups is 1. The van der Waals surface area contributed by atoms with E-state index in [0.29, 0.717) is 29.7 Å². The molecular weight excluding hydrogens is 478 g/mol. The molecule has 1 aliphatic rings. The second kappa shape index (κ2) is 15.8. The van der Waals surface area contributed by atoms with Crippen LogP contribution in [0.25, 0.3) is 0 Å². The Hall–Kier alpha value is -2.16. The lowest BCUT2D eigenvalue weighted by Crippen LogP contribution is -2.42. The molecule has 1 saturated heterocycles. The van der Waals surface area contributed by atoms with Gasteiger partial charge in [0, 0.05) is 35.6 Å². The van der Waals surface area contributed by atoms with E-state index < -0.39 is 12.0 Å². The molecule has 8 heteroatoms. The zero-order chi connectivity index (χ0) is 25.6. The van der Waals surface area contributed by atoms with Gasteiger partial charge in [0.1, 0.15) is 6.04 Å². The van der Waals surface area contributed by atoms with Gasteiger partial charge in [-0.1, -0.05) is 50.2 Å². The monoisotopic (exact) mass is 517 g/mol. The number of carbonyl (C=O) groups is 2. The number of hydrogen-bond acceptors (Lipinski definition) is 7. The van der Waals surface area contributed by atoms with Gasteiger partial charge in [0.15, 0.2) is 0 Å². The number of thioether (sulfide) groups is 1. The normalized spacial score (nSPS) is 17.6. The Morgan fingerprint density at radius 2 is 1.94 bits per heavy atom. The molecule has 0 bridgehead atoms. The minimum Gasteiger partial charge on any atom is -0.467 e. The summed E-state index contributed by atoms with van der Waals surface area (Å²) in [4.78, 5) is 25.6. The molecule has 1 aliphatic heterocycles. The van der Waals surface area contributed by atoms with Crippen molar-refractivity contribution in [3.8, 4) is 0 Å². The number of hydrogen-bond donors (Lipinski definition) is 4. The van der Waals surface area contributed by atoms with Crippen molar-refractivity contribution in [2.75, 3.05) is 37.5 Å². The lowest BCUT2D eigenvalue weighted by molar-refractivity contribution is -0.142. The summed E-state index contributed by atoms with van der Waals surface area (Å²) in [5.41, 5.74) is 3.47. The molecule has 6 nitrogen and oxygen atoms in total. The van der Waals surface area contributed by atoms with Gasteiger partial charge in [-0.25, -0.2) is 4.79 Å². The zero-order valence-corrected chi connectivity index (χ0v) is 22.9. The van der Waals surface area contributed by atoms with Crippen LogP contribution >= 0.6 is 24.4 Å². The summed E-state index contributed by atoms with van der Waals surface area (Å²) < 4.78 is 4.91. The van der Waals surface area contributed by atoms with Crippen LogP contribution in [0.2, 0.25) is 0 Å². The molecule has 3 rings (SSSR count). The minimum atomic E-state index is -0.675. The van der Waals surface area contributed by atoms with E-state index in [1.807, 2.05) is 68.6 Å². The van der Waals surface area contributed by atoms with Gasteiger partial charge in [0.25, 0.3) is 5.91 Å². The summed E-state index contributed by atoms with van der Waals surface area (Å²) in [6.45, 7) is 5.67. The van der Waals surface area contributed by atoms with Gasteiger partial charge < -0.3 is 20.7 Å². The number of nitrogens with one attached hydrogen (secondary N) is 3. The van der Waals surface area contributed by atoms with Gasteiger partial charge in [0.2, 0.25) is 0 Å². The summed E-state index contributed by atoms with van der Waals surface area (Å²) in [7, 11) is 1.35. The summed E-state index contributed by atoms with van der Waals surface area (Å²) in [5.74, 6) is 0.0550. The van der Waals surface area contributed by atoms with Gasteiger partial charge in [-0.2, -0.15) is 24.4 Å². The Morgan fingerprint density at radius 3 is 2.57 bits per heavy atom. The first-order chi connectivity index (χ1) is 17.0. The van der Waals surface area contributed by atoms with Crippen LogP contribution in [-0.4, -0.2) is 61.4 Å². The molecule has 1 unspecified atom stereocenters. The largest absolute Gasteiger partial charge is 0.467 e. The third-order valence-corrected chi connectivity index (χ3v) is 6.78. The zero-order valence-electron chi connectivity index (χ0n) is 21.2. The molecule has 0 spiro atoms. The van der Waals surface area contributed by atoms with Crippen LogP contribution in [0.4, 0.5) is 5.69 Å². The Labute approximate surface area is 219 Å². The van der Waals surface area contributed by atoms with Gasteiger partial charge in [0.05, 0.1) is 7.11 Å². The predicted molar refractivity (Wildman–Crippen MR) is 151 cm³/mol. The first-order valence-corrected chi connectivity index (χ1v) is 14.1. The van der Waals surface area contributed by atoms with Crippen LogP contribution in [0.5, 0.6) is 0 Å². The molecule has 1 heterocycles. The Balaban J connectivity index is 0.00000210. The van der Waals surface area contributed by atoms with Crippen molar-refractivity contribution < 1.29 is 14.3 Å². The van der Waals surface area contributed by atoms with E-state index in [1.54, 1.807) is 11.8 Å². The molecular formula is C27H39N3O3S2. The van der Waals surface area contributed by atoms with Gasteiger partial charge in [-0.05, 0) is 54.5 Å². The van der Waals surface area contributed by atoms with E-state index >= 15 is 0 Å². The molecule has 2 aromatic carbocycles. The van der Waals surface area contributed by atoms with E-state index in [2.05, 4.69) is 28.6 Å². The average molecular weight is 518 g/mol. The Morgan fingerprint density at radius 1 is 1.20 bits per heavy atom. The molecule has 2 aromatic rings. The van der Waals surface area contributed by atoms with Gasteiger partial charge >= 0.3 is 5.97 Å². The first-order valence-electron chi connectivity index (χ1n) is 12.2. The highest BCUT2D eigenvalue weighted by Crippen LogP contribution is 2.21. The molecule has 3 N–H and O–H groups in total. The maximum atomic E-state index is 13.3. The lowest BCUT2D eigenvalue weighted by atomic mass is 9.98. The van der Waals surface area contributed by atoms with Crippen molar-refractivity contribution >= 4 is 42.0 Å². The molecule has 35 heavy (non-hydrogen) atoms. The maximum Gasteiger partial charge on any atom is 0.328 e. The van der Waals surface area contributed by atoms with Crippen molar-refractivity contribution in [2.45, 2.75) is 50.4 Å². The number of carbonyl (C=O) groups excluding carboxylic acids is 2. The van der Waals surface area contributed by atoms with Crippen LogP contribution in [0.1, 0.15) is 48.2 Å². The molecule has 0 aromatic heterocycles. The quantitative estimate of drug-likeness (QED) is 0.261. The van der Waals surface area contributed by atoms with Gasteiger partial charge in [-0.15, -0.1) is 0 Å². The third-order valence-electron chi connectivity index (χ3n) is 5.74. The second-order valence-corrected chi connectivity index (χ2v) is 9.96. The summed E-state index contributed by atoms with van der Waals surface area (Å²) in [6.07, 6.45) is 4.12. The topological polar surface area (TPSA) is 79.5 Å². The fraction of sp³-hybridized carbons (Fsp3) is 0.481. The molecule has 0 radical (unpaired) electrons. The minimum absolute atomic E-state index is 0.268. The van der Waals surface area contributed by atoms with Crippen LogP contribution < -0.4 is 16.0 Å². The summed E-state index contributed by atoms with van der Waals surface area (Å²) >= 11 is 6.16. The van der Waals surface area contributed by atoms with Crippen molar-refractivity contribution in [3.63, 3.8) is 0 Å². The van der Waals surface area contributed by atoms with Crippen LogP contribution in [0.3, 0.4) is 0 Å². The highest BCUT2D eigenvalue weighted by atomic mass is 32.2. The van der Waals surface area contributed by atoms with E-state index in [9.17, 15) is 9.59 Å². The van der Waals surface area contributed by atoms with Crippen molar-refractivity contribution in [3.05, 3.63) is 65.2 Å². The smallest absolute Gasteiger partial charge is 0.328 e. The van der Waals surface area contributed by atoms with Crippen molar-refractivity contribution in [1.82, 2.24) is 10.6 Å². The first kappa shape index (κ1) is 29.1. The standard InChI is InChI=1S/C25H33N3O3S2.C2H6/c1-31-25(30)23(10-11-33-2)28-24(29)22-14-19(26-15-20-13-21(32)16-27-20)9-8-18(22)12-17-6-4-3-5-7-17;1-2/h3-9,14,20-21,23,26-27,32H,10-13,15-16H2,1-2H3,(H,28,29);1-2H3/t20-,21-,23?;/m0./s1. The van der Waals surface area contributed by atoms with Crippen LogP contribution in [-0.2, 0) is 16.0 Å². The Kier molecular flexibility index (Phi) is 13.1. The lowest BCUT2D eigenvalue weighted by Gasteiger charge is -2.19. The SMILES string of the molecule is CC.COC(=O)C(CCSC)NC(=O)c1cc(NC[C@@H]2C[C@H](S)CN2)ccc1Cc1ccccc1. The van der Waals surface area contributed by atoms with Crippen LogP contribution in [0, 0.1) is 0 Å². The summed E-state index contributed by atoms with van der Waals surface area (Å²) in [5, 5.41) is 10.2. The van der Waals surface area contributed by atoms with Gasteiger partial charge in [-0.3, -0.25) is 4.79 Å². The van der Waals surface area contributed by atoms with E-state index in [-0.39, 0.29) is 5.91 Å². The van der Waals surface area contributed by atoms with Crippen molar-refractivity contribution in [1.29, 1.82) is 0 Å². The molecule has 192 valence electrons. The number of amides is 1. The average Bonchev–Trinajstić information content (AvgIpc) is 3.32. The molecule has 0 saturated carbocycles. The molecule has 1 fully saturated rings. The third kappa shape index (κ3) is 9.43. The van der Waals surface area contributed by atoms with Crippen molar-refractivity contribution in [2.24, 2.45) is 0 Å². The Bertz CT molecular complexity index is 927. The highest BCUT2D eigenvalue weighted by molar-refractivity contribution is 7.98. The summed E-state index contributed by atoms with van der Waals surface area (Å²) in [6, 6.07) is 15.6. The molecule has 1 amide bonds. The highest BCUT2D eigenvalue weighted by Gasteiger charge is 2.24. The number of anilines is 1. The van der Waals surface area contributed by atoms with E-state index in [0.717, 1.165) is 42.1 Å². The number of esters is 1. The fourth-order valence-corrected chi connectivity index (χ4v) is 4.76. The number of methoxy groups -OCH3 is 1. The molecule has 0 aliphatic carbocycles. The number of benzene rings is 2. The fourth-order valence-electron chi connectivity index (χ4n) is 3.92. The van der Waals surface area contributed by atoms with Crippen LogP contribution in [0.15, 0.2) is 48.5 Å². The van der Waals surface area contributed by atoms with E-state index in [4.69, 9.17) is 4.74 Å². The van der Waals surface area contributed by atoms with E-state index in [1.165, 1.54) is 7.11 Å².